The van der Waals surface area contributed by atoms with Crippen LogP contribution in [-0.4, -0.2) is 6.29 Å². The lowest BCUT2D eigenvalue weighted by atomic mass is 9.87. The summed E-state index contributed by atoms with van der Waals surface area (Å²) >= 11 is 0. The lowest BCUT2D eigenvalue weighted by molar-refractivity contribution is 0.349. The van der Waals surface area contributed by atoms with Gasteiger partial charge in [0, 0.05) is 6.42 Å². The van der Waals surface area contributed by atoms with E-state index >= 15 is 0 Å². The maximum Gasteiger partial charge on any atom is 0.198 e. The van der Waals surface area contributed by atoms with Gasteiger partial charge in [0.25, 0.3) is 0 Å². The number of carbonyl (C=O) groups excluding carboxylic acids is 1. The smallest absolute Gasteiger partial charge is 0.198 e. The van der Waals surface area contributed by atoms with Gasteiger partial charge in [-0.2, -0.15) is 0 Å². The minimum Gasteiger partial charge on any atom is -0.291 e. The van der Waals surface area contributed by atoms with Gasteiger partial charge >= 0.3 is 0 Å². The molecule has 0 aliphatic heterocycles. The maximum absolute atomic E-state index is 10.0. The normalized spacial score (nSPS) is 20.0. The molecule has 1 saturated carbocycles. The molecular weight excluding hydrogens is 172 g/mol. The third-order valence-electron chi connectivity index (χ3n) is 3.37. The third kappa shape index (κ3) is 5.41. The van der Waals surface area contributed by atoms with Gasteiger partial charge in [0.1, 0.15) is 0 Å². The Morgan fingerprint density at radius 1 is 0.929 bits per heavy atom. The standard InChI is InChI=1S/C13H23O/c14-12-8-4-7-11-13-9-5-2-1-3-6-10-13/h13H,1-11H2. The van der Waals surface area contributed by atoms with Crippen molar-refractivity contribution in [1.29, 1.82) is 0 Å². The molecule has 1 heteroatoms. The van der Waals surface area contributed by atoms with E-state index in [1.54, 1.807) is 0 Å². The summed E-state index contributed by atoms with van der Waals surface area (Å²) < 4.78 is 0. The minimum atomic E-state index is 0.646. The van der Waals surface area contributed by atoms with E-state index < -0.39 is 0 Å². The van der Waals surface area contributed by atoms with Crippen molar-refractivity contribution in [3.05, 3.63) is 0 Å². The molecule has 0 bridgehead atoms. The third-order valence-corrected chi connectivity index (χ3v) is 3.37. The maximum atomic E-state index is 10.0. The van der Waals surface area contributed by atoms with Gasteiger partial charge in [-0.3, -0.25) is 4.79 Å². The summed E-state index contributed by atoms with van der Waals surface area (Å²) in [5, 5.41) is 0. The molecule has 1 radical (unpaired) electrons. The van der Waals surface area contributed by atoms with E-state index in [-0.39, 0.29) is 0 Å². The van der Waals surface area contributed by atoms with Crippen molar-refractivity contribution in [3.63, 3.8) is 0 Å². The summed E-state index contributed by atoms with van der Waals surface area (Å²) in [6.07, 6.45) is 16.3. The Morgan fingerprint density at radius 2 is 1.57 bits per heavy atom. The molecule has 14 heavy (non-hydrogen) atoms. The van der Waals surface area contributed by atoms with Crippen molar-refractivity contribution in [3.8, 4) is 0 Å². The largest absolute Gasteiger partial charge is 0.291 e. The molecule has 0 amide bonds. The predicted molar refractivity (Wildman–Crippen MR) is 60.0 cm³/mol. The molecule has 0 aromatic carbocycles. The molecule has 0 N–H and O–H groups in total. The van der Waals surface area contributed by atoms with Crippen LogP contribution in [0.4, 0.5) is 0 Å². The van der Waals surface area contributed by atoms with Gasteiger partial charge in [-0.15, -0.1) is 0 Å². The molecule has 1 aliphatic rings. The molecule has 0 aromatic rings. The summed E-state index contributed by atoms with van der Waals surface area (Å²) in [5.74, 6) is 0.960. The van der Waals surface area contributed by atoms with Gasteiger partial charge in [-0.25, -0.2) is 0 Å². The van der Waals surface area contributed by atoms with Crippen molar-refractivity contribution in [2.45, 2.75) is 70.6 Å². The summed E-state index contributed by atoms with van der Waals surface area (Å²) in [5.41, 5.74) is 0. The van der Waals surface area contributed by atoms with Gasteiger partial charge in [-0.1, -0.05) is 57.8 Å². The van der Waals surface area contributed by atoms with Gasteiger partial charge in [0.15, 0.2) is 6.29 Å². The Kier molecular flexibility index (Phi) is 6.73. The van der Waals surface area contributed by atoms with E-state index in [4.69, 9.17) is 0 Å². The first-order valence-electron chi connectivity index (χ1n) is 6.28. The van der Waals surface area contributed by atoms with Crippen LogP contribution in [0.25, 0.3) is 0 Å². The van der Waals surface area contributed by atoms with E-state index in [1.807, 2.05) is 6.29 Å². The Morgan fingerprint density at radius 3 is 2.21 bits per heavy atom. The topological polar surface area (TPSA) is 17.1 Å². The molecule has 0 heterocycles. The Labute approximate surface area is 88.3 Å². The van der Waals surface area contributed by atoms with Crippen LogP contribution in [-0.2, 0) is 4.79 Å². The molecule has 1 fully saturated rings. The first-order valence-corrected chi connectivity index (χ1v) is 6.28. The fourth-order valence-electron chi connectivity index (χ4n) is 2.46. The first-order chi connectivity index (χ1) is 6.93. The molecule has 0 spiro atoms. The van der Waals surface area contributed by atoms with Gasteiger partial charge in [-0.05, 0) is 12.3 Å². The molecular formula is C13H23O. The predicted octanol–water partition coefficient (Wildman–Crippen LogP) is 4.02. The van der Waals surface area contributed by atoms with Crippen LogP contribution in [0, 0.1) is 5.92 Å². The number of hydrogen-bond donors (Lipinski definition) is 0. The highest BCUT2D eigenvalue weighted by Crippen LogP contribution is 2.26. The minimum absolute atomic E-state index is 0.646. The van der Waals surface area contributed by atoms with Crippen molar-refractivity contribution < 1.29 is 4.79 Å². The second-order valence-electron chi connectivity index (χ2n) is 4.60. The van der Waals surface area contributed by atoms with E-state index in [2.05, 4.69) is 0 Å². The number of unbranched alkanes of at least 4 members (excludes halogenated alkanes) is 2. The quantitative estimate of drug-likeness (QED) is 0.606. The molecule has 1 rings (SSSR count). The van der Waals surface area contributed by atoms with E-state index in [9.17, 15) is 4.79 Å². The zero-order chi connectivity index (χ0) is 10.1. The molecule has 0 unspecified atom stereocenters. The highest BCUT2D eigenvalue weighted by Gasteiger charge is 2.10. The van der Waals surface area contributed by atoms with Crippen molar-refractivity contribution >= 4 is 6.29 Å². The summed E-state index contributed by atoms with van der Waals surface area (Å²) in [7, 11) is 0. The van der Waals surface area contributed by atoms with Crippen LogP contribution in [0.1, 0.15) is 70.6 Å². The molecule has 81 valence electrons. The Hall–Kier alpha value is -0.330. The van der Waals surface area contributed by atoms with Crippen molar-refractivity contribution in [2.75, 3.05) is 0 Å². The number of hydrogen-bond acceptors (Lipinski definition) is 1. The van der Waals surface area contributed by atoms with E-state index in [0.717, 1.165) is 12.3 Å². The number of rotatable bonds is 5. The van der Waals surface area contributed by atoms with E-state index in [1.165, 1.54) is 57.8 Å². The average molecular weight is 195 g/mol. The fraction of sp³-hybridized carbons (Fsp3) is 0.923. The lowest BCUT2D eigenvalue weighted by Crippen LogP contribution is -2.03. The lowest BCUT2D eigenvalue weighted by Gasteiger charge is -2.19. The molecule has 0 atom stereocenters. The van der Waals surface area contributed by atoms with Crippen LogP contribution in [0.15, 0.2) is 0 Å². The van der Waals surface area contributed by atoms with Gasteiger partial charge < -0.3 is 0 Å². The van der Waals surface area contributed by atoms with Gasteiger partial charge in [0.05, 0.1) is 0 Å². The second-order valence-corrected chi connectivity index (χ2v) is 4.60. The van der Waals surface area contributed by atoms with Gasteiger partial charge in [0.2, 0.25) is 0 Å². The zero-order valence-electron chi connectivity index (χ0n) is 9.26. The first kappa shape index (κ1) is 11.7. The van der Waals surface area contributed by atoms with Crippen LogP contribution < -0.4 is 0 Å². The SMILES string of the molecule is O=[C]CCCCC1CCCCCCC1. The zero-order valence-corrected chi connectivity index (χ0v) is 9.26. The summed E-state index contributed by atoms with van der Waals surface area (Å²) in [6.45, 7) is 0. The summed E-state index contributed by atoms with van der Waals surface area (Å²) in [4.78, 5) is 10.0. The molecule has 1 nitrogen and oxygen atoms in total. The molecule has 0 aromatic heterocycles. The molecule has 0 saturated heterocycles. The summed E-state index contributed by atoms with van der Waals surface area (Å²) in [6, 6.07) is 0. The molecule has 1 aliphatic carbocycles. The fourth-order valence-corrected chi connectivity index (χ4v) is 2.46. The van der Waals surface area contributed by atoms with Crippen LogP contribution in [0.3, 0.4) is 0 Å². The van der Waals surface area contributed by atoms with Crippen molar-refractivity contribution in [2.24, 2.45) is 5.92 Å². The Balaban J connectivity index is 2.04. The monoisotopic (exact) mass is 195 g/mol. The van der Waals surface area contributed by atoms with E-state index in [0.29, 0.717) is 6.42 Å². The van der Waals surface area contributed by atoms with Crippen LogP contribution in [0.2, 0.25) is 0 Å². The van der Waals surface area contributed by atoms with Crippen LogP contribution >= 0.6 is 0 Å². The van der Waals surface area contributed by atoms with Crippen LogP contribution in [0.5, 0.6) is 0 Å². The second kappa shape index (κ2) is 8.02. The highest BCUT2D eigenvalue weighted by atomic mass is 16.1. The highest BCUT2D eigenvalue weighted by molar-refractivity contribution is 5.50. The van der Waals surface area contributed by atoms with Crippen molar-refractivity contribution in [1.82, 2.24) is 0 Å². The Bertz CT molecular complexity index is 134. The average Bonchev–Trinajstić information content (AvgIpc) is 2.15.